The van der Waals surface area contributed by atoms with Gasteiger partial charge in [-0.25, -0.2) is 0 Å². The summed E-state index contributed by atoms with van der Waals surface area (Å²) in [7, 11) is 0. The number of anilines is 1. The molecule has 0 bridgehead atoms. The summed E-state index contributed by atoms with van der Waals surface area (Å²) in [5.41, 5.74) is 8.20. The van der Waals surface area contributed by atoms with Gasteiger partial charge >= 0.3 is 0 Å². The van der Waals surface area contributed by atoms with Gasteiger partial charge in [0.15, 0.2) is 10.2 Å². The largest absolute Gasteiger partial charge is 0.358 e. The maximum Gasteiger partial charge on any atom is 0.189 e. The van der Waals surface area contributed by atoms with E-state index in [4.69, 9.17) is 24.4 Å². The summed E-state index contributed by atoms with van der Waals surface area (Å²) in [6, 6.07) is 8.72. The Hall–Kier alpha value is -1.40. The minimum atomic E-state index is 0.427. The van der Waals surface area contributed by atoms with Crippen LogP contribution in [0.4, 0.5) is 5.69 Å². The molecule has 0 unspecified atom stereocenters. The number of hydrogen-bond acceptors (Lipinski definition) is 2. The van der Waals surface area contributed by atoms with Crippen LogP contribution in [0.1, 0.15) is 58.4 Å². The molecule has 2 rings (SSSR count). The first-order chi connectivity index (χ1) is 11.9. The number of hydrogen-bond donors (Lipinski definition) is 4. The summed E-state index contributed by atoms with van der Waals surface area (Å²) in [4.78, 5) is 0. The third kappa shape index (κ3) is 6.12. The molecule has 3 atom stereocenters. The van der Waals surface area contributed by atoms with Crippen molar-refractivity contribution in [3.63, 3.8) is 0 Å². The first-order valence-electron chi connectivity index (χ1n) is 9.10. The molecule has 1 aromatic carbocycles. The molecule has 6 heteroatoms. The molecule has 1 aliphatic rings. The molecule has 1 aromatic rings. The monoisotopic (exact) mass is 378 g/mol. The molecule has 1 aliphatic carbocycles. The highest BCUT2D eigenvalue weighted by Crippen LogP contribution is 2.29. The molecule has 0 radical (unpaired) electrons. The van der Waals surface area contributed by atoms with Gasteiger partial charge < -0.3 is 10.6 Å². The van der Waals surface area contributed by atoms with Crippen molar-refractivity contribution in [1.29, 1.82) is 0 Å². The summed E-state index contributed by atoms with van der Waals surface area (Å²) in [6.07, 6.45) is 3.73. The van der Waals surface area contributed by atoms with Crippen molar-refractivity contribution in [1.82, 2.24) is 16.2 Å². The van der Waals surface area contributed by atoms with Crippen LogP contribution in [0.3, 0.4) is 0 Å². The molecule has 25 heavy (non-hydrogen) atoms. The number of hydrazine groups is 1. The van der Waals surface area contributed by atoms with Crippen molar-refractivity contribution in [3.8, 4) is 0 Å². The molecule has 0 spiro atoms. The van der Waals surface area contributed by atoms with Crippen molar-refractivity contribution in [2.24, 2.45) is 11.8 Å². The summed E-state index contributed by atoms with van der Waals surface area (Å²) in [5.74, 6) is 1.88. The maximum atomic E-state index is 5.38. The average molecular weight is 379 g/mol. The van der Waals surface area contributed by atoms with Crippen LogP contribution in [-0.2, 0) is 0 Å². The molecule has 0 aliphatic heterocycles. The van der Waals surface area contributed by atoms with Crippen molar-refractivity contribution in [2.75, 3.05) is 5.32 Å². The molecule has 138 valence electrons. The van der Waals surface area contributed by atoms with Crippen molar-refractivity contribution in [3.05, 3.63) is 29.8 Å². The second-order valence-electron chi connectivity index (χ2n) is 7.33. The second-order valence-corrected chi connectivity index (χ2v) is 8.14. The summed E-state index contributed by atoms with van der Waals surface area (Å²) in [5, 5.41) is 7.64. The third-order valence-electron chi connectivity index (χ3n) is 5.15. The minimum Gasteiger partial charge on any atom is -0.358 e. The Bertz CT molecular complexity index is 586. The maximum absolute atomic E-state index is 5.38. The van der Waals surface area contributed by atoms with Gasteiger partial charge in [0, 0.05) is 11.7 Å². The van der Waals surface area contributed by atoms with Crippen LogP contribution >= 0.6 is 24.4 Å². The normalized spacial score (nSPS) is 23.0. The molecule has 0 heterocycles. The van der Waals surface area contributed by atoms with E-state index in [1.807, 2.05) is 12.1 Å². The fraction of sp³-hybridized carbons (Fsp3) is 0.579. The second kappa shape index (κ2) is 9.34. The summed E-state index contributed by atoms with van der Waals surface area (Å²) in [6.45, 7) is 8.97. The summed E-state index contributed by atoms with van der Waals surface area (Å²) < 4.78 is 0. The molecule has 1 fully saturated rings. The Labute approximate surface area is 162 Å². The van der Waals surface area contributed by atoms with Crippen LogP contribution < -0.4 is 21.5 Å². The highest BCUT2D eigenvalue weighted by molar-refractivity contribution is 7.80. The Morgan fingerprint density at radius 3 is 2.28 bits per heavy atom. The van der Waals surface area contributed by atoms with Crippen molar-refractivity contribution in [2.45, 2.75) is 58.9 Å². The lowest BCUT2D eigenvalue weighted by molar-refractivity contribution is 0.224. The van der Waals surface area contributed by atoms with E-state index in [1.54, 1.807) is 0 Å². The molecule has 0 amide bonds. The highest BCUT2D eigenvalue weighted by Gasteiger charge is 2.27. The molecule has 4 nitrogen and oxygen atoms in total. The predicted molar refractivity (Wildman–Crippen MR) is 115 cm³/mol. The zero-order valence-electron chi connectivity index (χ0n) is 15.6. The van der Waals surface area contributed by atoms with E-state index in [1.165, 1.54) is 18.4 Å². The van der Waals surface area contributed by atoms with E-state index in [-0.39, 0.29) is 0 Å². The van der Waals surface area contributed by atoms with E-state index in [0.717, 1.165) is 18.0 Å². The van der Waals surface area contributed by atoms with Gasteiger partial charge in [-0.3, -0.25) is 10.9 Å². The van der Waals surface area contributed by atoms with E-state index in [2.05, 4.69) is 61.3 Å². The quantitative estimate of drug-likeness (QED) is 0.465. The van der Waals surface area contributed by atoms with Gasteiger partial charge in [-0.05, 0) is 66.3 Å². The smallest absolute Gasteiger partial charge is 0.189 e. The van der Waals surface area contributed by atoms with Gasteiger partial charge in [-0.2, -0.15) is 0 Å². The molecule has 1 saturated carbocycles. The standard InChI is InChI=1S/C19H30N4S2/c1-12(2)15-8-10-16(11-9-15)20-18(24)22-23-19(25)21-17-7-5-6-13(3)14(17)4/h8-14,17H,5-7H2,1-4H3,(H2,20,22,24)(H2,21,23,25)/t13-,14-,17+/m1/s1. The SMILES string of the molecule is CC(C)c1ccc(NC(=S)NNC(=S)N[C@H]2CCC[C@@H](C)[C@H]2C)cc1. The molecule has 4 N–H and O–H groups in total. The number of thiocarbonyl (C=S) groups is 2. The van der Waals surface area contributed by atoms with Gasteiger partial charge in [-0.1, -0.05) is 52.7 Å². The van der Waals surface area contributed by atoms with Gasteiger partial charge in [0.05, 0.1) is 0 Å². The molecule has 0 saturated heterocycles. The lowest BCUT2D eigenvalue weighted by Crippen LogP contribution is -2.53. The predicted octanol–water partition coefficient (Wildman–Crippen LogP) is 4.30. The topological polar surface area (TPSA) is 48.1 Å². The van der Waals surface area contributed by atoms with Crippen molar-refractivity contribution < 1.29 is 0 Å². The lowest BCUT2D eigenvalue weighted by atomic mass is 9.78. The number of benzene rings is 1. The van der Waals surface area contributed by atoms with Crippen LogP contribution in [0.25, 0.3) is 0 Å². The van der Waals surface area contributed by atoms with Crippen LogP contribution in [0.15, 0.2) is 24.3 Å². The van der Waals surface area contributed by atoms with Gasteiger partial charge in [0.1, 0.15) is 0 Å². The Balaban J connectivity index is 1.74. The number of rotatable bonds is 3. The van der Waals surface area contributed by atoms with Crippen LogP contribution in [0.5, 0.6) is 0 Å². The van der Waals surface area contributed by atoms with E-state index in [9.17, 15) is 0 Å². The number of nitrogens with one attached hydrogen (secondary N) is 4. The average Bonchev–Trinajstić information content (AvgIpc) is 2.58. The lowest BCUT2D eigenvalue weighted by Gasteiger charge is -2.35. The Morgan fingerprint density at radius 2 is 1.64 bits per heavy atom. The van der Waals surface area contributed by atoms with Crippen molar-refractivity contribution >= 4 is 40.3 Å². The van der Waals surface area contributed by atoms with Gasteiger partial charge in [-0.15, -0.1) is 0 Å². The molecule has 0 aromatic heterocycles. The zero-order chi connectivity index (χ0) is 18.4. The van der Waals surface area contributed by atoms with Gasteiger partial charge in [0.2, 0.25) is 0 Å². The van der Waals surface area contributed by atoms with Crippen LogP contribution in [0.2, 0.25) is 0 Å². The highest BCUT2D eigenvalue weighted by atomic mass is 32.1. The molecular weight excluding hydrogens is 348 g/mol. The molecular formula is C19H30N4S2. The van der Waals surface area contributed by atoms with Crippen LogP contribution in [-0.4, -0.2) is 16.3 Å². The zero-order valence-corrected chi connectivity index (χ0v) is 17.2. The Morgan fingerprint density at radius 1 is 1.00 bits per heavy atom. The first-order valence-corrected chi connectivity index (χ1v) is 9.92. The fourth-order valence-electron chi connectivity index (χ4n) is 3.22. The minimum absolute atomic E-state index is 0.427. The first kappa shape index (κ1) is 19.9. The van der Waals surface area contributed by atoms with E-state index in [0.29, 0.717) is 28.1 Å². The fourth-order valence-corrected chi connectivity index (χ4v) is 3.59. The Kier molecular flexibility index (Phi) is 7.44. The van der Waals surface area contributed by atoms with E-state index >= 15 is 0 Å². The summed E-state index contributed by atoms with van der Waals surface area (Å²) >= 11 is 10.7. The van der Waals surface area contributed by atoms with Crippen LogP contribution in [0, 0.1) is 11.8 Å². The van der Waals surface area contributed by atoms with E-state index < -0.39 is 0 Å². The van der Waals surface area contributed by atoms with Gasteiger partial charge in [0.25, 0.3) is 0 Å². The third-order valence-corrected chi connectivity index (χ3v) is 5.57.